The van der Waals surface area contributed by atoms with Crippen LogP contribution in [-0.4, -0.2) is 31.8 Å². The van der Waals surface area contributed by atoms with Crippen LogP contribution in [0.3, 0.4) is 0 Å². The van der Waals surface area contributed by atoms with E-state index in [1.807, 2.05) is 20.8 Å². The van der Waals surface area contributed by atoms with Crippen molar-refractivity contribution >= 4 is 16.0 Å². The minimum Gasteiger partial charge on any atom is -0.481 e. The zero-order valence-electron chi connectivity index (χ0n) is 11.5. The van der Waals surface area contributed by atoms with E-state index in [-0.39, 0.29) is 18.1 Å². The van der Waals surface area contributed by atoms with Gasteiger partial charge >= 0.3 is 5.97 Å². The van der Waals surface area contributed by atoms with Gasteiger partial charge in [0, 0.05) is 13.0 Å². The average Bonchev–Trinajstić information content (AvgIpc) is 2.23. The van der Waals surface area contributed by atoms with Crippen LogP contribution >= 0.6 is 0 Å². The highest BCUT2D eigenvalue weighted by molar-refractivity contribution is 7.89. The highest BCUT2D eigenvalue weighted by atomic mass is 32.2. The molecule has 0 amide bonds. The van der Waals surface area contributed by atoms with Crippen molar-refractivity contribution in [3.63, 3.8) is 0 Å². The molecule has 0 radical (unpaired) electrons. The first kappa shape index (κ1) is 17.4. The van der Waals surface area contributed by atoms with E-state index in [9.17, 15) is 13.2 Å². The zero-order valence-corrected chi connectivity index (χ0v) is 12.3. The number of rotatable bonds is 10. The average molecular weight is 279 g/mol. The van der Waals surface area contributed by atoms with Crippen molar-refractivity contribution in [3.8, 4) is 0 Å². The summed E-state index contributed by atoms with van der Waals surface area (Å²) >= 11 is 0. The zero-order chi connectivity index (χ0) is 14.2. The summed E-state index contributed by atoms with van der Waals surface area (Å²) in [4.78, 5) is 10.4. The van der Waals surface area contributed by atoms with E-state index in [2.05, 4.69) is 4.72 Å². The standard InChI is InChI=1S/C12H25NO4S/c1-10(2)7-9-18(16,17)13-8-6-11(3)4-5-12(14)15/h10-11,13H,4-9H2,1-3H3,(H,14,15). The highest BCUT2D eigenvalue weighted by Gasteiger charge is 2.12. The lowest BCUT2D eigenvalue weighted by atomic mass is 10.0. The van der Waals surface area contributed by atoms with Gasteiger partial charge in [-0.15, -0.1) is 0 Å². The fourth-order valence-electron chi connectivity index (χ4n) is 1.44. The first-order valence-corrected chi connectivity index (χ1v) is 8.07. The normalized spacial score (nSPS) is 13.8. The molecule has 108 valence electrons. The molecule has 0 bridgehead atoms. The molecule has 0 rings (SSSR count). The topological polar surface area (TPSA) is 83.5 Å². The Bertz CT molecular complexity index is 338. The molecule has 0 aliphatic heterocycles. The number of nitrogens with one attached hydrogen (secondary N) is 1. The van der Waals surface area contributed by atoms with Crippen molar-refractivity contribution in [2.45, 2.75) is 46.5 Å². The van der Waals surface area contributed by atoms with Gasteiger partial charge in [0.1, 0.15) is 0 Å². The summed E-state index contributed by atoms with van der Waals surface area (Å²) < 4.78 is 25.7. The maximum absolute atomic E-state index is 11.6. The van der Waals surface area contributed by atoms with Crippen LogP contribution in [0.5, 0.6) is 0 Å². The molecular formula is C12H25NO4S. The first-order valence-electron chi connectivity index (χ1n) is 6.42. The third-order valence-corrected chi connectivity index (χ3v) is 4.19. The Morgan fingerprint density at radius 1 is 1.17 bits per heavy atom. The van der Waals surface area contributed by atoms with Crippen molar-refractivity contribution in [1.29, 1.82) is 0 Å². The molecular weight excluding hydrogens is 254 g/mol. The highest BCUT2D eigenvalue weighted by Crippen LogP contribution is 2.09. The maximum Gasteiger partial charge on any atom is 0.303 e. The van der Waals surface area contributed by atoms with Crippen LogP contribution in [0, 0.1) is 11.8 Å². The molecule has 18 heavy (non-hydrogen) atoms. The number of aliphatic carboxylic acids is 1. The summed E-state index contributed by atoms with van der Waals surface area (Å²) in [5.74, 6) is -0.0573. The second kappa shape index (κ2) is 8.48. The number of carbonyl (C=O) groups is 1. The van der Waals surface area contributed by atoms with Crippen molar-refractivity contribution in [3.05, 3.63) is 0 Å². The molecule has 0 fully saturated rings. The van der Waals surface area contributed by atoms with Crippen molar-refractivity contribution < 1.29 is 18.3 Å². The van der Waals surface area contributed by atoms with Crippen molar-refractivity contribution in [1.82, 2.24) is 4.72 Å². The summed E-state index contributed by atoms with van der Waals surface area (Å²) in [6.07, 6.45) is 2.06. The van der Waals surface area contributed by atoms with Gasteiger partial charge in [0.2, 0.25) is 10.0 Å². The molecule has 0 heterocycles. The van der Waals surface area contributed by atoms with Gasteiger partial charge in [0.25, 0.3) is 0 Å². The number of hydrogen-bond acceptors (Lipinski definition) is 3. The van der Waals surface area contributed by atoms with Gasteiger partial charge < -0.3 is 5.11 Å². The smallest absolute Gasteiger partial charge is 0.303 e. The molecule has 0 aliphatic carbocycles. The largest absolute Gasteiger partial charge is 0.481 e. The van der Waals surface area contributed by atoms with Crippen LogP contribution in [0.1, 0.15) is 46.5 Å². The minimum atomic E-state index is -3.17. The Morgan fingerprint density at radius 2 is 1.78 bits per heavy atom. The molecule has 2 N–H and O–H groups in total. The lowest BCUT2D eigenvalue weighted by Crippen LogP contribution is -2.28. The Hall–Kier alpha value is -0.620. The van der Waals surface area contributed by atoms with E-state index >= 15 is 0 Å². The van der Waals surface area contributed by atoms with Crippen LogP contribution < -0.4 is 4.72 Å². The molecule has 0 spiro atoms. The maximum atomic E-state index is 11.6. The van der Waals surface area contributed by atoms with Gasteiger partial charge in [0.05, 0.1) is 5.75 Å². The molecule has 1 atom stereocenters. The van der Waals surface area contributed by atoms with Gasteiger partial charge in [-0.1, -0.05) is 20.8 Å². The Kier molecular flexibility index (Phi) is 8.18. The number of sulfonamides is 1. The van der Waals surface area contributed by atoms with E-state index in [4.69, 9.17) is 5.11 Å². The van der Waals surface area contributed by atoms with E-state index in [1.54, 1.807) is 0 Å². The fourth-order valence-corrected chi connectivity index (χ4v) is 2.79. The van der Waals surface area contributed by atoms with E-state index < -0.39 is 16.0 Å². The number of carboxylic acids is 1. The molecule has 0 saturated heterocycles. The molecule has 0 aromatic rings. The second-order valence-electron chi connectivity index (χ2n) is 5.22. The van der Waals surface area contributed by atoms with Crippen molar-refractivity contribution in [2.24, 2.45) is 11.8 Å². The van der Waals surface area contributed by atoms with Crippen LogP contribution in [0.4, 0.5) is 0 Å². The van der Waals surface area contributed by atoms with Gasteiger partial charge in [0.15, 0.2) is 0 Å². The summed E-state index contributed by atoms with van der Waals surface area (Å²) in [6.45, 7) is 6.31. The predicted molar refractivity (Wildman–Crippen MR) is 71.9 cm³/mol. The summed E-state index contributed by atoms with van der Waals surface area (Å²) in [5, 5.41) is 8.53. The number of carboxylic acid groups (broad SMARTS) is 1. The Balaban J connectivity index is 3.78. The molecule has 0 saturated carbocycles. The predicted octanol–water partition coefficient (Wildman–Crippen LogP) is 1.84. The van der Waals surface area contributed by atoms with E-state index in [1.165, 1.54) is 0 Å². The quantitative estimate of drug-likeness (QED) is 0.639. The van der Waals surface area contributed by atoms with Gasteiger partial charge in [-0.25, -0.2) is 13.1 Å². The lowest BCUT2D eigenvalue weighted by Gasteiger charge is -2.11. The van der Waals surface area contributed by atoms with Gasteiger partial charge in [-0.3, -0.25) is 4.79 Å². The lowest BCUT2D eigenvalue weighted by molar-refractivity contribution is -0.137. The monoisotopic (exact) mass is 279 g/mol. The molecule has 0 aromatic heterocycles. The third kappa shape index (κ3) is 10.5. The Labute approximate surface area is 110 Å². The van der Waals surface area contributed by atoms with Crippen LogP contribution in [0.25, 0.3) is 0 Å². The SMILES string of the molecule is CC(C)CCS(=O)(=O)NCCC(C)CCC(=O)O. The summed E-state index contributed by atoms with van der Waals surface area (Å²) in [5.41, 5.74) is 0. The summed E-state index contributed by atoms with van der Waals surface area (Å²) in [6, 6.07) is 0. The van der Waals surface area contributed by atoms with Gasteiger partial charge in [-0.2, -0.15) is 0 Å². The molecule has 1 unspecified atom stereocenters. The van der Waals surface area contributed by atoms with Crippen LogP contribution in [0.15, 0.2) is 0 Å². The number of hydrogen-bond donors (Lipinski definition) is 2. The summed E-state index contributed by atoms with van der Waals surface area (Å²) in [7, 11) is -3.17. The second-order valence-corrected chi connectivity index (χ2v) is 7.15. The Morgan fingerprint density at radius 3 is 2.28 bits per heavy atom. The minimum absolute atomic E-state index is 0.140. The van der Waals surface area contributed by atoms with E-state index in [0.29, 0.717) is 31.7 Å². The van der Waals surface area contributed by atoms with Crippen LogP contribution in [-0.2, 0) is 14.8 Å². The van der Waals surface area contributed by atoms with Crippen molar-refractivity contribution in [2.75, 3.05) is 12.3 Å². The van der Waals surface area contributed by atoms with Gasteiger partial charge in [-0.05, 0) is 31.1 Å². The molecule has 5 nitrogen and oxygen atoms in total. The molecule has 0 aromatic carbocycles. The van der Waals surface area contributed by atoms with E-state index in [0.717, 1.165) is 0 Å². The fraction of sp³-hybridized carbons (Fsp3) is 0.917. The first-order chi connectivity index (χ1) is 8.23. The van der Waals surface area contributed by atoms with Crippen LogP contribution in [0.2, 0.25) is 0 Å². The molecule has 6 heteroatoms. The molecule has 0 aliphatic rings. The third-order valence-electron chi connectivity index (χ3n) is 2.77.